The van der Waals surface area contributed by atoms with Crippen molar-refractivity contribution in [3.05, 3.63) is 70.3 Å². The molecule has 0 radical (unpaired) electrons. The molecule has 0 aliphatic carbocycles. The van der Waals surface area contributed by atoms with Gasteiger partial charge in [0.15, 0.2) is 0 Å². The van der Waals surface area contributed by atoms with E-state index in [1.165, 1.54) is 6.07 Å². The van der Waals surface area contributed by atoms with Crippen molar-refractivity contribution < 1.29 is 14.2 Å². The van der Waals surface area contributed by atoms with Crippen LogP contribution in [0.4, 0.5) is 4.39 Å². The van der Waals surface area contributed by atoms with Crippen LogP contribution in [0.3, 0.4) is 0 Å². The molecule has 0 aromatic carbocycles. The number of alkyl halides is 1. The largest absolute Gasteiger partial charge is 0.392 e. The minimum absolute atomic E-state index is 0.0195. The summed E-state index contributed by atoms with van der Waals surface area (Å²) in [5.74, 6) is 0. The molecule has 6 heteroatoms. The van der Waals surface area contributed by atoms with Gasteiger partial charge in [-0.15, -0.1) is 0 Å². The maximum absolute atomic E-state index is 13.4. The number of aliphatic hydroxyl groups is 1. The molecule has 28 heavy (non-hydrogen) atoms. The van der Waals surface area contributed by atoms with Crippen molar-refractivity contribution in [3.63, 3.8) is 0 Å². The molecule has 5 nitrogen and oxygen atoms in total. The topological polar surface area (TPSA) is 65.6 Å². The zero-order valence-corrected chi connectivity index (χ0v) is 17.6. The first-order valence-electron chi connectivity index (χ1n) is 9.76. The summed E-state index contributed by atoms with van der Waals surface area (Å²) in [4.78, 5) is 15.8. The van der Waals surface area contributed by atoms with Gasteiger partial charge in [-0.25, -0.2) is 4.39 Å². The van der Waals surface area contributed by atoms with Crippen molar-refractivity contribution in [2.24, 2.45) is 0 Å². The Bertz CT molecular complexity index is 668. The van der Waals surface area contributed by atoms with Crippen LogP contribution < -0.4 is 5.56 Å². The quantitative estimate of drug-likeness (QED) is 0.527. The third-order valence-corrected chi connectivity index (χ3v) is 3.93. The molecule has 0 aliphatic heterocycles. The summed E-state index contributed by atoms with van der Waals surface area (Å²) >= 11 is 0. The fourth-order valence-corrected chi connectivity index (χ4v) is 2.33. The number of allylic oxidation sites excluding steroid dienone is 3. The van der Waals surface area contributed by atoms with Crippen LogP contribution >= 0.6 is 0 Å². The van der Waals surface area contributed by atoms with Crippen molar-refractivity contribution in [2.45, 2.75) is 46.8 Å². The molecule has 0 spiro atoms. The number of aromatic amines is 1. The Balaban J connectivity index is 0.00000352. The molecule has 158 valence electrons. The Morgan fingerprint density at radius 3 is 2.75 bits per heavy atom. The number of nitrogens with zero attached hydrogens (tertiary/aromatic N) is 1. The lowest BCUT2D eigenvalue weighted by Crippen LogP contribution is -2.27. The summed E-state index contributed by atoms with van der Waals surface area (Å²) in [6, 6.07) is 3.32. The van der Waals surface area contributed by atoms with Crippen molar-refractivity contribution in [1.82, 2.24) is 9.88 Å². The number of rotatable bonds is 12. The minimum atomic E-state index is -0.564. The number of H-pyrrole nitrogens is 1. The summed E-state index contributed by atoms with van der Waals surface area (Å²) in [5.41, 5.74) is 1.83. The fraction of sp³-hybridized carbons (Fsp3) is 0.500. The van der Waals surface area contributed by atoms with E-state index in [0.29, 0.717) is 31.0 Å². The number of nitrogens with one attached hydrogen (secondary N) is 1. The van der Waals surface area contributed by atoms with Gasteiger partial charge in [-0.2, -0.15) is 0 Å². The zero-order chi connectivity index (χ0) is 21.4. The second kappa shape index (κ2) is 15.8. The first-order valence-corrected chi connectivity index (χ1v) is 9.76. The smallest absolute Gasteiger partial charge is 0.248 e. The van der Waals surface area contributed by atoms with Crippen molar-refractivity contribution >= 4 is 0 Å². The molecule has 1 heterocycles. The number of halogens is 1. The second-order valence-corrected chi connectivity index (χ2v) is 6.02. The number of aromatic nitrogens is 1. The standard InChI is InChI=1S/C20H29FN2O3.C2H6/c1-4-23(19(13-21)7-5-6-16(2)14-24)11-9-17(3)26-15-18-8-10-22-20(25)12-18;1-2/h5-8,10,12,17,24H,2,4,9,11,13-15H2,1,3H3,(H,22,25);1-2H3/b6-5-,19-7+;. The van der Waals surface area contributed by atoms with Crippen LogP contribution in [0.5, 0.6) is 0 Å². The molecular formula is C22H35FN2O3. The SMILES string of the molecule is C=C(/C=C\C=C(/CF)N(CC)CCC(C)OCc1cc[nH]c(=O)c1)CO.CC. The first-order chi connectivity index (χ1) is 13.5. The lowest BCUT2D eigenvalue weighted by atomic mass is 10.2. The van der Waals surface area contributed by atoms with E-state index in [2.05, 4.69) is 11.6 Å². The molecule has 1 atom stereocenters. The molecule has 1 rings (SSSR count). The van der Waals surface area contributed by atoms with Gasteiger partial charge in [0.1, 0.15) is 6.67 Å². The van der Waals surface area contributed by atoms with E-state index in [0.717, 1.165) is 12.0 Å². The summed E-state index contributed by atoms with van der Waals surface area (Å²) in [5, 5.41) is 8.92. The van der Waals surface area contributed by atoms with Crippen molar-refractivity contribution in [1.29, 1.82) is 0 Å². The summed E-state index contributed by atoms with van der Waals surface area (Å²) in [6.45, 7) is 12.6. The minimum Gasteiger partial charge on any atom is -0.392 e. The molecular weight excluding hydrogens is 359 g/mol. The van der Waals surface area contributed by atoms with Gasteiger partial charge in [0, 0.05) is 31.0 Å². The summed E-state index contributed by atoms with van der Waals surface area (Å²) in [6.07, 6.45) is 7.38. The Morgan fingerprint density at radius 1 is 1.46 bits per heavy atom. The van der Waals surface area contributed by atoms with E-state index in [1.54, 1.807) is 24.4 Å². The Kier molecular flexibility index (Phi) is 14.6. The molecule has 0 amide bonds. The van der Waals surface area contributed by atoms with Crippen LogP contribution in [-0.2, 0) is 11.3 Å². The van der Waals surface area contributed by atoms with Crippen LogP contribution in [0.15, 0.2) is 59.2 Å². The van der Waals surface area contributed by atoms with E-state index in [9.17, 15) is 9.18 Å². The fourth-order valence-electron chi connectivity index (χ4n) is 2.33. The molecule has 1 aromatic rings. The van der Waals surface area contributed by atoms with E-state index < -0.39 is 6.67 Å². The lowest BCUT2D eigenvalue weighted by Gasteiger charge is -2.26. The highest BCUT2D eigenvalue weighted by Gasteiger charge is 2.10. The average Bonchev–Trinajstić information content (AvgIpc) is 2.72. The maximum atomic E-state index is 13.4. The molecule has 2 N–H and O–H groups in total. The molecule has 0 aliphatic rings. The predicted molar refractivity (Wildman–Crippen MR) is 114 cm³/mol. The Hall–Kier alpha value is -2.18. The Morgan fingerprint density at radius 2 is 2.18 bits per heavy atom. The van der Waals surface area contributed by atoms with Crippen LogP contribution in [0.25, 0.3) is 0 Å². The number of aliphatic hydroxyl groups excluding tert-OH is 1. The number of hydrogen-bond acceptors (Lipinski definition) is 4. The molecule has 0 saturated carbocycles. The highest BCUT2D eigenvalue weighted by molar-refractivity contribution is 5.22. The molecule has 0 saturated heterocycles. The number of pyridine rings is 1. The average molecular weight is 395 g/mol. The van der Waals surface area contributed by atoms with E-state index >= 15 is 0 Å². The second-order valence-electron chi connectivity index (χ2n) is 6.02. The third-order valence-electron chi connectivity index (χ3n) is 3.93. The first kappa shape index (κ1) is 25.8. The van der Waals surface area contributed by atoms with Crippen molar-refractivity contribution in [3.8, 4) is 0 Å². The molecule has 1 unspecified atom stereocenters. The molecule has 0 bridgehead atoms. The lowest BCUT2D eigenvalue weighted by molar-refractivity contribution is 0.0422. The highest BCUT2D eigenvalue weighted by atomic mass is 19.1. The highest BCUT2D eigenvalue weighted by Crippen LogP contribution is 2.10. The Labute approximate surface area is 168 Å². The van der Waals surface area contributed by atoms with Gasteiger partial charge in [0.05, 0.1) is 19.3 Å². The zero-order valence-electron chi connectivity index (χ0n) is 17.6. The monoisotopic (exact) mass is 394 g/mol. The normalized spacial score (nSPS) is 12.4. The van der Waals surface area contributed by atoms with E-state index in [-0.39, 0.29) is 18.3 Å². The van der Waals surface area contributed by atoms with E-state index in [1.807, 2.05) is 38.7 Å². The van der Waals surface area contributed by atoms with Crippen LogP contribution in [0.2, 0.25) is 0 Å². The van der Waals surface area contributed by atoms with Gasteiger partial charge >= 0.3 is 0 Å². The van der Waals surface area contributed by atoms with Gasteiger partial charge in [-0.3, -0.25) is 4.79 Å². The summed E-state index contributed by atoms with van der Waals surface area (Å²) < 4.78 is 19.1. The van der Waals surface area contributed by atoms with Crippen LogP contribution in [0, 0.1) is 0 Å². The van der Waals surface area contributed by atoms with Gasteiger partial charge in [0.2, 0.25) is 5.56 Å². The third kappa shape index (κ3) is 10.8. The maximum Gasteiger partial charge on any atom is 0.248 e. The van der Waals surface area contributed by atoms with E-state index in [4.69, 9.17) is 9.84 Å². The number of hydrogen-bond donors (Lipinski definition) is 2. The van der Waals surface area contributed by atoms with Gasteiger partial charge in [-0.1, -0.05) is 32.6 Å². The molecule has 1 aromatic heterocycles. The van der Waals surface area contributed by atoms with Gasteiger partial charge < -0.3 is 19.7 Å². The predicted octanol–water partition coefficient (Wildman–Crippen LogP) is 3.98. The van der Waals surface area contributed by atoms with Gasteiger partial charge in [0.25, 0.3) is 0 Å². The van der Waals surface area contributed by atoms with Crippen molar-refractivity contribution in [2.75, 3.05) is 26.4 Å². The van der Waals surface area contributed by atoms with Gasteiger partial charge in [-0.05, 0) is 43.5 Å². The van der Waals surface area contributed by atoms with Crippen LogP contribution in [0.1, 0.15) is 39.7 Å². The summed E-state index contributed by atoms with van der Waals surface area (Å²) in [7, 11) is 0. The number of ether oxygens (including phenoxy) is 1. The molecule has 0 fully saturated rings. The van der Waals surface area contributed by atoms with Crippen LogP contribution in [-0.4, -0.2) is 47.5 Å².